The third-order valence-corrected chi connectivity index (χ3v) is 5.15. The predicted molar refractivity (Wildman–Crippen MR) is 111 cm³/mol. The van der Waals surface area contributed by atoms with E-state index in [0.717, 1.165) is 12.1 Å². The SMILES string of the molecule is CC(C)[C@H]1COC(=O)N1c1ncnc(N[C@@H](C)c2ncn(-c3ccc(C(F)(F)F)cc3)n2)n1. The van der Waals surface area contributed by atoms with Gasteiger partial charge in [0.15, 0.2) is 5.82 Å². The molecule has 1 aliphatic heterocycles. The number of carbonyl (C=O) groups excluding carboxylic acids is 1. The molecule has 1 fully saturated rings. The molecule has 2 aromatic heterocycles. The summed E-state index contributed by atoms with van der Waals surface area (Å²) in [5, 5.41) is 7.37. The van der Waals surface area contributed by atoms with Crippen molar-refractivity contribution in [2.45, 2.75) is 39.0 Å². The van der Waals surface area contributed by atoms with E-state index in [1.165, 1.54) is 34.4 Å². The first-order valence-electron chi connectivity index (χ1n) is 10.1. The molecule has 0 saturated carbocycles. The lowest BCUT2D eigenvalue weighted by Gasteiger charge is -2.22. The number of aromatic nitrogens is 6. The van der Waals surface area contributed by atoms with Crippen LogP contribution in [0.5, 0.6) is 0 Å². The van der Waals surface area contributed by atoms with Crippen molar-refractivity contribution in [1.82, 2.24) is 29.7 Å². The maximum absolute atomic E-state index is 12.8. The fourth-order valence-corrected chi connectivity index (χ4v) is 3.29. The predicted octanol–water partition coefficient (Wildman–Crippen LogP) is 3.63. The van der Waals surface area contributed by atoms with Gasteiger partial charge in [0, 0.05) is 0 Å². The molecule has 174 valence electrons. The fourth-order valence-electron chi connectivity index (χ4n) is 3.29. The Balaban J connectivity index is 1.48. The van der Waals surface area contributed by atoms with Crippen molar-refractivity contribution in [3.05, 3.63) is 48.3 Å². The van der Waals surface area contributed by atoms with Crippen LogP contribution in [0, 0.1) is 5.92 Å². The molecule has 1 aromatic carbocycles. The van der Waals surface area contributed by atoms with E-state index in [0.29, 0.717) is 11.5 Å². The second kappa shape index (κ2) is 8.64. The molecule has 1 aliphatic rings. The molecule has 3 heterocycles. The molecule has 33 heavy (non-hydrogen) atoms. The van der Waals surface area contributed by atoms with Gasteiger partial charge in [-0.3, -0.25) is 0 Å². The van der Waals surface area contributed by atoms with Gasteiger partial charge in [-0.05, 0) is 37.1 Å². The van der Waals surface area contributed by atoms with Crippen molar-refractivity contribution >= 4 is 18.0 Å². The summed E-state index contributed by atoms with van der Waals surface area (Å²) < 4.78 is 44.8. The van der Waals surface area contributed by atoms with Crippen LogP contribution >= 0.6 is 0 Å². The third kappa shape index (κ3) is 4.71. The number of nitrogens with one attached hydrogen (secondary N) is 1. The average Bonchev–Trinajstić information content (AvgIpc) is 3.41. The lowest BCUT2D eigenvalue weighted by atomic mass is 10.1. The number of nitrogens with zero attached hydrogens (tertiary/aromatic N) is 7. The normalized spacial score (nSPS) is 17.4. The highest BCUT2D eigenvalue weighted by Crippen LogP contribution is 2.29. The summed E-state index contributed by atoms with van der Waals surface area (Å²) in [6.07, 6.45) is -2.23. The first-order chi connectivity index (χ1) is 15.6. The van der Waals surface area contributed by atoms with Gasteiger partial charge in [-0.1, -0.05) is 13.8 Å². The van der Waals surface area contributed by atoms with Crippen LogP contribution in [0.4, 0.5) is 29.9 Å². The van der Waals surface area contributed by atoms with Crippen LogP contribution in [0.15, 0.2) is 36.9 Å². The number of amides is 1. The highest BCUT2D eigenvalue weighted by molar-refractivity contribution is 5.88. The summed E-state index contributed by atoms with van der Waals surface area (Å²) in [5.41, 5.74) is -0.308. The van der Waals surface area contributed by atoms with Gasteiger partial charge in [0.1, 0.15) is 19.3 Å². The zero-order valence-electron chi connectivity index (χ0n) is 18.0. The molecular weight excluding hydrogens is 441 g/mol. The number of halogens is 3. The lowest BCUT2D eigenvalue weighted by molar-refractivity contribution is -0.137. The summed E-state index contributed by atoms with van der Waals surface area (Å²) in [4.78, 5) is 30.3. The van der Waals surface area contributed by atoms with Crippen molar-refractivity contribution in [3.63, 3.8) is 0 Å². The van der Waals surface area contributed by atoms with Crippen LogP contribution in [0.1, 0.15) is 38.2 Å². The molecule has 1 amide bonds. The molecule has 10 nitrogen and oxygen atoms in total. The molecule has 0 aliphatic carbocycles. The summed E-state index contributed by atoms with van der Waals surface area (Å²) in [7, 11) is 0. The van der Waals surface area contributed by atoms with E-state index in [2.05, 4.69) is 30.4 Å². The summed E-state index contributed by atoms with van der Waals surface area (Å²) in [5.74, 6) is 0.893. The van der Waals surface area contributed by atoms with Crippen molar-refractivity contribution in [2.24, 2.45) is 5.92 Å². The number of anilines is 2. The van der Waals surface area contributed by atoms with Crippen LogP contribution < -0.4 is 10.2 Å². The summed E-state index contributed by atoms with van der Waals surface area (Å²) in [6, 6.07) is 3.97. The van der Waals surface area contributed by atoms with E-state index in [1.807, 2.05) is 13.8 Å². The number of hydrogen-bond donors (Lipinski definition) is 1. The Labute approximate surface area is 186 Å². The first-order valence-corrected chi connectivity index (χ1v) is 10.1. The molecule has 4 rings (SSSR count). The molecule has 2 atom stereocenters. The highest BCUT2D eigenvalue weighted by Gasteiger charge is 2.38. The lowest BCUT2D eigenvalue weighted by Crippen LogP contribution is -2.38. The standard InChI is InChI=1S/C20H21F3N8O2/c1-11(2)15-8-33-19(32)31(15)18-25-9-24-17(28-18)27-12(3)16-26-10-30(29-16)14-6-4-13(5-7-14)20(21,22)23/h4-7,9-12,15H,8H2,1-3H3,(H,24,25,27,28)/t12-,15+/m0/s1. The minimum atomic E-state index is -4.41. The Morgan fingerprint density at radius 1 is 1.12 bits per heavy atom. The van der Waals surface area contributed by atoms with Crippen molar-refractivity contribution < 1.29 is 22.7 Å². The zero-order chi connectivity index (χ0) is 23.8. The maximum atomic E-state index is 12.8. The fraction of sp³-hybridized carbons (Fsp3) is 0.400. The molecule has 1 saturated heterocycles. The van der Waals surface area contributed by atoms with Gasteiger partial charge in [-0.25, -0.2) is 29.3 Å². The first kappa shape index (κ1) is 22.4. The summed E-state index contributed by atoms with van der Waals surface area (Å²) in [6.45, 7) is 5.98. The molecule has 3 aromatic rings. The summed E-state index contributed by atoms with van der Waals surface area (Å²) >= 11 is 0. The third-order valence-electron chi connectivity index (χ3n) is 5.15. The van der Waals surface area contributed by atoms with Gasteiger partial charge in [0.05, 0.1) is 23.3 Å². The Hall–Kier alpha value is -3.77. The Kier molecular flexibility index (Phi) is 5.87. The van der Waals surface area contributed by atoms with E-state index in [-0.39, 0.29) is 30.5 Å². The molecule has 13 heteroatoms. The highest BCUT2D eigenvalue weighted by atomic mass is 19.4. The minimum absolute atomic E-state index is 0.141. The molecule has 0 unspecified atom stereocenters. The van der Waals surface area contributed by atoms with Crippen LogP contribution in [0.25, 0.3) is 5.69 Å². The maximum Gasteiger partial charge on any atom is 0.417 e. The molecule has 0 spiro atoms. The number of carbonyl (C=O) groups is 1. The van der Waals surface area contributed by atoms with E-state index in [4.69, 9.17) is 4.74 Å². The van der Waals surface area contributed by atoms with Gasteiger partial charge >= 0.3 is 12.3 Å². The van der Waals surface area contributed by atoms with E-state index in [9.17, 15) is 18.0 Å². The Bertz CT molecular complexity index is 1130. The number of alkyl halides is 3. The monoisotopic (exact) mass is 462 g/mol. The molecular formula is C20H21F3N8O2. The second-order valence-electron chi connectivity index (χ2n) is 7.83. The smallest absolute Gasteiger partial charge is 0.417 e. The van der Waals surface area contributed by atoms with Crippen molar-refractivity contribution in [1.29, 1.82) is 0 Å². The zero-order valence-corrected chi connectivity index (χ0v) is 18.0. The number of benzene rings is 1. The minimum Gasteiger partial charge on any atom is -0.447 e. The van der Waals surface area contributed by atoms with E-state index >= 15 is 0 Å². The van der Waals surface area contributed by atoms with Gasteiger partial charge in [-0.15, -0.1) is 5.10 Å². The van der Waals surface area contributed by atoms with Crippen LogP contribution in [0.3, 0.4) is 0 Å². The van der Waals surface area contributed by atoms with Gasteiger partial charge in [-0.2, -0.15) is 18.2 Å². The number of cyclic esters (lactones) is 1. The molecule has 0 bridgehead atoms. The average molecular weight is 462 g/mol. The van der Waals surface area contributed by atoms with Gasteiger partial charge in [0.2, 0.25) is 11.9 Å². The van der Waals surface area contributed by atoms with Crippen LogP contribution in [-0.2, 0) is 10.9 Å². The van der Waals surface area contributed by atoms with E-state index in [1.54, 1.807) is 6.92 Å². The van der Waals surface area contributed by atoms with Crippen molar-refractivity contribution in [3.8, 4) is 5.69 Å². The number of hydrogen-bond acceptors (Lipinski definition) is 8. The van der Waals surface area contributed by atoms with Crippen LogP contribution in [0.2, 0.25) is 0 Å². The van der Waals surface area contributed by atoms with Crippen LogP contribution in [-0.4, -0.2) is 48.5 Å². The topological polar surface area (TPSA) is 111 Å². The Morgan fingerprint density at radius 3 is 2.52 bits per heavy atom. The quantitative estimate of drug-likeness (QED) is 0.591. The van der Waals surface area contributed by atoms with Gasteiger partial charge in [0.25, 0.3) is 0 Å². The largest absolute Gasteiger partial charge is 0.447 e. The van der Waals surface area contributed by atoms with E-state index < -0.39 is 23.9 Å². The second-order valence-corrected chi connectivity index (χ2v) is 7.83. The number of ether oxygens (including phenoxy) is 1. The molecule has 0 radical (unpaired) electrons. The van der Waals surface area contributed by atoms with Gasteiger partial charge < -0.3 is 10.1 Å². The van der Waals surface area contributed by atoms with Crippen molar-refractivity contribution in [2.75, 3.05) is 16.8 Å². The molecule has 1 N–H and O–H groups in total. The Morgan fingerprint density at radius 2 is 1.85 bits per heavy atom. The number of rotatable bonds is 6.